The fraction of sp³-hybridized carbons (Fsp3) is 0.364. The van der Waals surface area contributed by atoms with Gasteiger partial charge < -0.3 is 10.5 Å². The molecule has 0 saturated heterocycles. The van der Waals surface area contributed by atoms with Crippen LogP contribution in [0.1, 0.15) is 18.1 Å². The van der Waals surface area contributed by atoms with Crippen molar-refractivity contribution < 1.29 is 4.74 Å². The molecule has 3 nitrogen and oxygen atoms in total. The minimum Gasteiger partial charge on any atom is -0.496 e. The van der Waals surface area contributed by atoms with E-state index in [0.29, 0.717) is 12.4 Å². The molecule has 0 aliphatic heterocycles. The Morgan fingerprint density at radius 1 is 1.50 bits per heavy atom. The molecular weight excluding hydrogens is 176 g/mol. The van der Waals surface area contributed by atoms with Gasteiger partial charge in [0, 0.05) is 6.54 Å². The van der Waals surface area contributed by atoms with Crippen LogP contribution in [0, 0.1) is 6.92 Å². The molecule has 1 rings (SSSR count). The molecule has 0 bridgehead atoms. The normalized spacial score (nSPS) is 11.5. The smallest absolute Gasteiger partial charge is 0.130 e. The van der Waals surface area contributed by atoms with E-state index in [4.69, 9.17) is 10.5 Å². The number of rotatable bonds is 3. The number of amidine groups is 1. The Balaban J connectivity index is 3.14. The first kappa shape index (κ1) is 10.6. The van der Waals surface area contributed by atoms with E-state index in [2.05, 4.69) is 4.99 Å². The molecule has 14 heavy (non-hydrogen) atoms. The maximum absolute atomic E-state index is 5.80. The largest absolute Gasteiger partial charge is 0.496 e. The fourth-order valence-electron chi connectivity index (χ4n) is 1.27. The van der Waals surface area contributed by atoms with Crippen molar-refractivity contribution in [3.8, 4) is 5.75 Å². The average Bonchev–Trinajstić information content (AvgIpc) is 2.17. The Morgan fingerprint density at radius 3 is 2.79 bits per heavy atom. The molecule has 0 unspecified atom stereocenters. The molecule has 0 amide bonds. The Hall–Kier alpha value is -1.51. The number of hydrogen-bond acceptors (Lipinski definition) is 2. The van der Waals surface area contributed by atoms with Crippen molar-refractivity contribution >= 4 is 5.84 Å². The zero-order valence-corrected chi connectivity index (χ0v) is 8.87. The third-order valence-corrected chi connectivity index (χ3v) is 1.96. The minimum atomic E-state index is 0.532. The van der Waals surface area contributed by atoms with Gasteiger partial charge in [-0.25, -0.2) is 0 Å². The van der Waals surface area contributed by atoms with Crippen LogP contribution in [0.25, 0.3) is 0 Å². The Labute approximate surface area is 84.6 Å². The van der Waals surface area contributed by atoms with Gasteiger partial charge in [0.05, 0.1) is 12.7 Å². The van der Waals surface area contributed by atoms with Crippen LogP contribution in [-0.2, 0) is 0 Å². The number of benzene rings is 1. The van der Waals surface area contributed by atoms with Crippen molar-refractivity contribution in [3.63, 3.8) is 0 Å². The molecule has 0 aliphatic rings. The van der Waals surface area contributed by atoms with Crippen molar-refractivity contribution in [2.24, 2.45) is 10.7 Å². The summed E-state index contributed by atoms with van der Waals surface area (Å²) < 4.78 is 5.23. The lowest BCUT2D eigenvalue weighted by Crippen LogP contribution is -2.15. The standard InChI is InChI=1S/C11H16N2O/c1-4-13-11(12)9-6-5-8(2)7-10(9)14-3/h5-7H,4H2,1-3H3,(H2,12,13). The van der Waals surface area contributed by atoms with Crippen LogP contribution < -0.4 is 10.5 Å². The molecule has 0 spiro atoms. The number of aryl methyl sites for hydroxylation is 1. The van der Waals surface area contributed by atoms with E-state index < -0.39 is 0 Å². The van der Waals surface area contributed by atoms with E-state index in [9.17, 15) is 0 Å². The fourth-order valence-corrected chi connectivity index (χ4v) is 1.27. The van der Waals surface area contributed by atoms with E-state index >= 15 is 0 Å². The monoisotopic (exact) mass is 192 g/mol. The van der Waals surface area contributed by atoms with Gasteiger partial charge in [-0.15, -0.1) is 0 Å². The number of methoxy groups -OCH3 is 1. The first-order chi connectivity index (χ1) is 6.69. The first-order valence-electron chi connectivity index (χ1n) is 4.64. The van der Waals surface area contributed by atoms with Crippen LogP contribution in [-0.4, -0.2) is 19.5 Å². The molecule has 1 aromatic rings. The number of ether oxygens (including phenoxy) is 1. The molecule has 0 fully saturated rings. The predicted molar refractivity (Wildman–Crippen MR) is 59.0 cm³/mol. The lowest BCUT2D eigenvalue weighted by atomic mass is 10.1. The second-order valence-corrected chi connectivity index (χ2v) is 3.06. The van der Waals surface area contributed by atoms with Gasteiger partial charge in [0.2, 0.25) is 0 Å². The van der Waals surface area contributed by atoms with Crippen LogP contribution in [0.3, 0.4) is 0 Å². The summed E-state index contributed by atoms with van der Waals surface area (Å²) in [5, 5.41) is 0. The van der Waals surface area contributed by atoms with E-state index in [0.717, 1.165) is 16.9 Å². The molecular formula is C11H16N2O. The summed E-state index contributed by atoms with van der Waals surface area (Å²) in [6.45, 7) is 4.65. The van der Waals surface area contributed by atoms with Gasteiger partial charge in [0.1, 0.15) is 11.6 Å². The maximum atomic E-state index is 5.80. The minimum absolute atomic E-state index is 0.532. The van der Waals surface area contributed by atoms with Crippen molar-refractivity contribution in [2.45, 2.75) is 13.8 Å². The highest BCUT2D eigenvalue weighted by Gasteiger charge is 2.05. The van der Waals surface area contributed by atoms with Gasteiger partial charge in [-0.3, -0.25) is 4.99 Å². The molecule has 3 heteroatoms. The van der Waals surface area contributed by atoms with Gasteiger partial charge in [0.25, 0.3) is 0 Å². The van der Waals surface area contributed by atoms with Crippen LogP contribution in [0.4, 0.5) is 0 Å². The van der Waals surface area contributed by atoms with Gasteiger partial charge in [-0.05, 0) is 31.5 Å². The SMILES string of the molecule is CCN=C(N)c1ccc(C)cc1OC. The van der Waals surface area contributed by atoms with Gasteiger partial charge in [0.15, 0.2) is 0 Å². The average molecular weight is 192 g/mol. The van der Waals surface area contributed by atoms with Gasteiger partial charge in [-0.1, -0.05) is 6.07 Å². The zero-order valence-electron chi connectivity index (χ0n) is 8.87. The second kappa shape index (κ2) is 4.65. The zero-order chi connectivity index (χ0) is 10.6. The lowest BCUT2D eigenvalue weighted by molar-refractivity contribution is 0.413. The summed E-state index contributed by atoms with van der Waals surface area (Å²) in [5.74, 6) is 1.31. The van der Waals surface area contributed by atoms with Crippen molar-refractivity contribution in [2.75, 3.05) is 13.7 Å². The lowest BCUT2D eigenvalue weighted by Gasteiger charge is -2.08. The van der Waals surface area contributed by atoms with E-state index in [1.54, 1.807) is 7.11 Å². The molecule has 0 heterocycles. The summed E-state index contributed by atoms with van der Waals surface area (Å²) >= 11 is 0. The number of nitrogens with zero attached hydrogens (tertiary/aromatic N) is 1. The van der Waals surface area contributed by atoms with E-state index in [1.807, 2.05) is 32.0 Å². The maximum Gasteiger partial charge on any atom is 0.130 e. The predicted octanol–water partition coefficient (Wildman–Crippen LogP) is 1.73. The molecule has 0 aliphatic carbocycles. The first-order valence-corrected chi connectivity index (χ1v) is 4.64. The van der Waals surface area contributed by atoms with Crippen LogP contribution in [0.5, 0.6) is 5.75 Å². The van der Waals surface area contributed by atoms with Crippen molar-refractivity contribution in [3.05, 3.63) is 29.3 Å². The van der Waals surface area contributed by atoms with E-state index in [1.165, 1.54) is 0 Å². The Kier molecular flexibility index (Phi) is 3.51. The Morgan fingerprint density at radius 2 is 2.21 bits per heavy atom. The molecule has 0 aromatic heterocycles. The number of aliphatic imine (C=N–C) groups is 1. The third-order valence-electron chi connectivity index (χ3n) is 1.96. The van der Waals surface area contributed by atoms with Crippen LogP contribution in [0.2, 0.25) is 0 Å². The molecule has 1 aromatic carbocycles. The second-order valence-electron chi connectivity index (χ2n) is 3.06. The van der Waals surface area contributed by atoms with Crippen LogP contribution >= 0.6 is 0 Å². The quantitative estimate of drug-likeness (QED) is 0.585. The number of hydrogen-bond donors (Lipinski definition) is 1. The summed E-state index contributed by atoms with van der Waals surface area (Å²) in [5.41, 5.74) is 7.81. The summed E-state index contributed by atoms with van der Waals surface area (Å²) in [6, 6.07) is 5.88. The summed E-state index contributed by atoms with van der Waals surface area (Å²) in [4.78, 5) is 4.15. The number of nitrogens with two attached hydrogens (primary N) is 1. The summed E-state index contributed by atoms with van der Waals surface area (Å²) in [7, 11) is 1.64. The topological polar surface area (TPSA) is 47.6 Å². The molecule has 0 atom stereocenters. The third kappa shape index (κ3) is 2.25. The molecule has 76 valence electrons. The highest BCUT2D eigenvalue weighted by molar-refractivity contribution is 6.00. The molecule has 2 N–H and O–H groups in total. The highest BCUT2D eigenvalue weighted by Crippen LogP contribution is 2.19. The van der Waals surface area contributed by atoms with E-state index in [-0.39, 0.29) is 0 Å². The van der Waals surface area contributed by atoms with Gasteiger partial charge in [-0.2, -0.15) is 0 Å². The van der Waals surface area contributed by atoms with Crippen molar-refractivity contribution in [1.82, 2.24) is 0 Å². The van der Waals surface area contributed by atoms with Crippen LogP contribution in [0.15, 0.2) is 23.2 Å². The van der Waals surface area contributed by atoms with Crippen molar-refractivity contribution in [1.29, 1.82) is 0 Å². The highest BCUT2D eigenvalue weighted by atomic mass is 16.5. The Bertz CT molecular complexity index is 345. The van der Waals surface area contributed by atoms with Gasteiger partial charge >= 0.3 is 0 Å². The molecule has 0 radical (unpaired) electrons. The molecule has 0 saturated carbocycles. The summed E-state index contributed by atoms with van der Waals surface area (Å²) in [6.07, 6.45) is 0.